The van der Waals surface area contributed by atoms with E-state index < -0.39 is 6.10 Å². The molecule has 1 saturated carbocycles. The molecular formula is C14H26O3. The molecule has 0 aromatic carbocycles. The van der Waals surface area contributed by atoms with Gasteiger partial charge in [-0.15, -0.1) is 0 Å². The van der Waals surface area contributed by atoms with E-state index in [-0.39, 0.29) is 12.1 Å². The number of carbonyl (C=O) groups is 1. The van der Waals surface area contributed by atoms with Crippen molar-refractivity contribution < 1.29 is 14.6 Å². The van der Waals surface area contributed by atoms with Gasteiger partial charge in [0.25, 0.3) is 0 Å². The average Bonchev–Trinajstić information content (AvgIpc) is 2.29. The molecule has 1 fully saturated rings. The maximum atomic E-state index is 11.6. The highest BCUT2D eigenvalue weighted by atomic mass is 16.6. The van der Waals surface area contributed by atoms with Gasteiger partial charge in [-0.05, 0) is 25.7 Å². The number of unbranched alkanes of at least 4 members (excludes halogenated alkanes) is 2. The minimum absolute atomic E-state index is 0.136. The largest absolute Gasteiger partial charge is 0.460 e. The van der Waals surface area contributed by atoms with E-state index in [0.29, 0.717) is 6.42 Å². The number of hydrogen-bond acceptors (Lipinski definition) is 3. The van der Waals surface area contributed by atoms with Crippen LogP contribution in [-0.4, -0.2) is 23.3 Å². The number of aliphatic hydroxyl groups excluding tert-OH is 1. The summed E-state index contributed by atoms with van der Waals surface area (Å²) in [6, 6.07) is 0. The van der Waals surface area contributed by atoms with Crippen molar-refractivity contribution in [3.63, 3.8) is 0 Å². The lowest BCUT2D eigenvalue weighted by Crippen LogP contribution is -2.32. The van der Waals surface area contributed by atoms with Crippen LogP contribution in [0.15, 0.2) is 0 Å². The number of aliphatic hydroxyl groups is 1. The van der Waals surface area contributed by atoms with Crippen LogP contribution in [0.5, 0.6) is 0 Å². The van der Waals surface area contributed by atoms with Crippen molar-refractivity contribution in [1.29, 1.82) is 0 Å². The maximum Gasteiger partial charge on any atom is 0.306 e. The standard InChI is InChI=1S/C14H26O3/c1-2-3-6-11-14(16)17-13-10-8-5-4-7-9-12(13)15/h12-13,15H,2-11H2,1H3. The number of ether oxygens (including phenoxy) is 1. The molecule has 0 bridgehead atoms. The zero-order valence-corrected chi connectivity index (χ0v) is 11.0. The Labute approximate surface area is 105 Å². The summed E-state index contributed by atoms with van der Waals surface area (Å²) in [5, 5.41) is 9.92. The van der Waals surface area contributed by atoms with Crippen molar-refractivity contribution in [2.75, 3.05) is 0 Å². The Hall–Kier alpha value is -0.570. The molecule has 0 heterocycles. The quantitative estimate of drug-likeness (QED) is 0.595. The summed E-state index contributed by atoms with van der Waals surface area (Å²) in [6.45, 7) is 2.11. The van der Waals surface area contributed by atoms with Gasteiger partial charge in [0, 0.05) is 6.42 Å². The second kappa shape index (κ2) is 8.51. The van der Waals surface area contributed by atoms with Gasteiger partial charge >= 0.3 is 5.97 Å². The monoisotopic (exact) mass is 242 g/mol. The van der Waals surface area contributed by atoms with E-state index in [4.69, 9.17) is 4.74 Å². The predicted octanol–water partition coefficient (Wildman–Crippen LogP) is 3.19. The predicted molar refractivity (Wildman–Crippen MR) is 67.7 cm³/mol. The Kier molecular flexibility index (Phi) is 7.25. The highest BCUT2D eigenvalue weighted by Crippen LogP contribution is 2.20. The molecule has 0 aromatic rings. The van der Waals surface area contributed by atoms with Gasteiger partial charge in [0.1, 0.15) is 6.10 Å². The van der Waals surface area contributed by atoms with Crippen molar-refractivity contribution in [3.8, 4) is 0 Å². The van der Waals surface area contributed by atoms with E-state index >= 15 is 0 Å². The number of esters is 1. The molecule has 3 nitrogen and oxygen atoms in total. The highest BCUT2D eigenvalue weighted by Gasteiger charge is 2.23. The van der Waals surface area contributed by atoms with Gasteiger partial charge in [-0.2, -0.15) is 0 Å². The fraction of sp³-hybridized carbons (Fsp3) is 0.929. The van der Waals surface area contributed by atoms with E-state index in [2.05, 4.69) is 6.92 Å². The normalized spacial score (nSPS) is 26.0. The molecule has 0 spiro atoms. The van der Waals surface area contributed by atoms with E-state index in [0.717, 1.165) is 44.9 Å². The minimum Gasteiger partial charge on any atom is -0.460 e. The number of carbonyl (C=O) groups excluding carboxylic acids is 1. The summed E-state index contributed by atoms with van der Waals surface area (Å²) < 4.78 is 5.40. The van der Waals surface area contributed by atoms with Crippen molar-refractivity contribution in [2.45, 2.75) is 83.3 Å². The fourth-order valence-electron chi connectivity index (χ4n) is 2.32. The Morgan fingerprint density at radius 3 is 2.59 bits per heavy atom. The molecule has 100 valence electrons. The zero-order valence-electron chi connectivity index (χ0n) is 11.0. The molecule has 3 heteroatoms. The van der Waals surface area contributed by atoms with Crippen LogP contribution in [0.2, 0.25) is 0 Å². The van der Waals surface area contributed by atoms with Crippen LogP contribution in [0.25, 0.3) is 0 Å². The lowest BCUT2D eigenvalue weighted by molar-refractivity contribution is -0.156. The maximum absolute atomic E-state index is 11.6. The third kappa shape index (κ3) is 6.06. The van der Waals surface area contributed by atoms with Crippen LogP contribution in [0.4, 0.5) is 0 Å². The second-order valence-electron chi connectivity index (χ2n) is 5.04. The SMILES string of the molecule is CCCCCC(=O)OC1CCCCCCC1O. The molecule has 1 aliphatic rings. The fourth-order valence-corrected chi connectivity index (χ4v) is 2.32. The lowest BCUT2D eigenvalue weighted by atomic mass is 9.96. The van der Waals surface area contributed by atoms with Crippen LogP contribution >= 0.6 is 0 Å². The van der Waals surface area contributed by atoms with Crippen molar-refractivity contribution in [2.24, 2.45) is 0 Å². The molecule has 0 amide bonds. The number of hydrogen-bond donors (Lipinski definition) is 1. The van der Waals surface area contributed by atoms with Crippen LogP contribution in [-0.2, 0) is 9.53 Å². The van der Waals surface area contributed by atoms with Crippen molar-refractivity contribution in [1.82, 2.24) is 0 Å². The summed E-state index contributed by atoms with van der Waals surface area (Å²) in [6.07, 6.45) is 8.94. The van der Waals surface area contributed by atoms with E-state index in [1.807, 2.05) is 0 Å². The minimum atomic E-state index is -0.453. The molecule has 1 N–H and O–H groups in total. The summed E-state index contributed by atoms with van der Waals surface area (Å²) >= 11 is 0. The molecule has 17 heavy (non-hydrogen) atoms. The topological polar surface area (TPSA) is 46.5 Å². The molecule has 2 atom stereocenters. The Morgan fingerprint density at radius 1 is 1.18 bits per heavy atom. The molecule has 2 unspecified atom stereocenters. The summed E-state index contributed by atoms with van der Waals surface area (Å²) in [7, 11) is 0. The highest BCUT2D eigenvalue weighted by molar-refractivity contribution is 5.69. The average molecular weight is 242 g/mol. The second-order valence-corrected chi connectivity index (χ2v) is 5.04. The summed E-state index contributed by atoms with van der Waals surface area (Å²) in [5.74, 6) is -0.136. The van der Waals surface area contributed by atoms with Gasteiger partial charge in [-0.1, -0.05) is 39.0 Å². The van der Waals surface area contributed by atoms with Crippen LogP contribution in [0.1, 0.15) is 71.1 Å². The molecule has 1 aliphatic carbocycles. The first-order chi connectivity index (χ1) is 8.24. The first kappa shape index (κ1) is 14.5. The van der Waals surface area contributed by atoms with Gasteiger partial charge in [-0.25, -0.2) is 0 Å². The Bertz CT molecular complexity index is 216. The van der Waals surface area contributed by atoms with Gasteiger partial charge in [0.15, 0.2) is 0 Å². The summed E-state index contributed by atoms with van der Waals surface area (Å²) in [4.78, 5) is 11.6. The zero-order chi connectivity index (χ0) is 12.5. The third-order valence-corrected chi connectivity index (χ3v) is 3.43. The van der Waals surface area contributed by atoms with Crippen LogP contribution < -0.4 is 0 Å². The Morgan fingerprint density at radius 2 is 1.88 bits per heavy atom. The lowest BCUT2D eigenvalue weighted by Gasteiger charge is -2.25. The van der Waals surface area contributed by atoms with E-state index in [9.17, 15) is 9.90 Å². The molecule has 0 saturated heterocycles. The first-order valence-corrected chi connectivity index (χ1v) is 7.11. The van der Waals surface area contributed by atoms with Crippen molar-refractivity contribution >= 4 is 5.97 Å². The first-order valence-electron chi connectivity index (χ1n) is 7.11. The summed E-state index contributed by atoms with van der Waals surface area (Å²) in [5.41, 5.74) is 0. The van der Waals surface area contributed by atoms with Crippen LogP contribution in [0, 0.1) is 0 Å². The number of rotatable bonds is 5. The van der Waals surface area contributed by atoms with Gasteiger partial charge in [0.2, 0.25) is 0 Å². The molecule has 1 rings (SSSR count). The third-order valence-electron chi connectivity index (χ3n) is 3.43. The smallest absolute Gasteiger partial charge is 0.306 e. The Balaban J connectivity index is 2.28. The van der Waals surface area contributed by atoms with Gasteiger partial charge < -0.3 is 9.84 Å². The van der Waals surface area contributed by atoms with Gasteiger partial charge in [-0.3, -0.25) is 4.79 Å². The van der Waals surface area contributed by atoms with E-state index in [1.54, 1.807) is 0 Å². The molecular weight excluding hydrogens is 216 g/mol. The van der Waals surface area contributed by atoms with Crippen molar-refractivity contribution in [3.05, 3.63) is 0 Å². The molecule has 0 radical (unpaired) electrons. The molecule has 0 aliphatic heterocycles. The van der Waals surface area contributed by atoms with Gasteiger partial charge in [0.05, 0.1) is 6.10 Å². The van der Waals surface area contributed by atoms with Crippen LogP contribution in [0.3, 0.4) is 0 Å². The van der Waals surface area contributed by atoms with E-state index in [1.165, 1.54) is 12.8 Å². The molecule has 0 aromatic heterocycles.